The fourth-order valence-electron chi connectivity index (χ4n) is 4.13. The number of urea groups is 1. The van der Waals surface area contributed by atoms with Crippen LogP contribution in [0.1, 0.15) is 22.2 Å². The Bertz CT molecular complexity index is 1110. The van der Waals surface area contributed by atoms with Crippen LogP contribution in [0.25, 0.3) is 0 Å². The number of thiophene rings is 1. The van der Waals surface area contributed by atoms with Gasteiger partial charge in [-0.2, -0.15) is 0 Å². The molecule has 1 aromatic carbocycles. The predicted molar refractivity (Wildman–Crippen MR) is 124 cm³/mol. The van der Waals surface area contributed by atoms with Gasteiger partial charge in [0.25, 0.3) is 11.8 Å². The zero-order chi connectivity index (χ0) is 24.5. The lowest BCUT2D eigenvalue weighted by molar-refractivity contribution is -0.139. The second kappa shape index (κ2) is 9.34. The molecule has 34 heavy (non-hydrogen) atoms. The molecule has 0 bridgehead atoms. The highest BCUT2D eigenvalue weighted by Crippen LogP contribution is 2.35. The van der Waals surface area contributed by atoms with Crippen molar-refractivity contribution in [2.24, 2.45) is 0 Å². The lowest BCUT2D eigenvalue weighted by Crippen LogP contribution is -2.53. The number of piperazine rings is 1. The molecule has 1 atom stereocenters. The van der Waals surface area contributed by atoms with Crippen LogP contribution in [0.2, 0.25) is 0 Å². The molecule has 0 unspecified atom stereocenters. The molecule has 1 N–H and O–H groups in total. The van der Waals surface area contributed by atoms with Gasteiger partial charge >= 0.3 is 6.03 Å². The summed E-state index contributed by atoms with van der Waals surface area (Å²) in [5, 5.41) is 4.55. The van der Waals surface area contributed by atoms with Gasteiger partial charge in [0.1, 0.15) is 12.1 Å². The molecule has 0 radical (unpaired) electrons. The number of methoxy groups -OCH3 is 2. The normalized spacial score (nSPS) is 20.4. The van der Waals surface area contributed by atoms with Crippen LogP contribution in [0.4, 0.5) is 4.79 Å². The molecule has 2 aliphatic rings. The summed E-state index contributed by atoms with van der Waals surface area (Å²) < 4.78 is 10.5. The summed E-state index contributed by atoms with van der Waals surface area (Å²) in [5.74, 6) is -0.00197. The first-order chi connectivity index (χ1) is 16.3. The molecule has 4 rings (SSSR count). The van der Waals surface area contributed by atoms with Crippen LogP contribution in [0.3, 0.4) is 0 Å². The molecule has 10 nitrogen and oxygen atoms in total. The number of amides is 5. The lowest BCUT2D eigenvalue weighted by atomic mass is 9.91. The Labute approximate surface area is 201 Å². The van der Waals surface area contributed by atoms with Gasteiger partial charge in [0.2, 0.25) is 5.91 Å². The van der Waals surface area contributed by atoms with E-state index in [4.69, 9.17) is 9.47 Å². The highest BCUT2D eigenvalue weighted by Gasteiger charge is 2.50. The Balaban J connectivity index is 1.41. The van der Waals surface area contributed by atoms with Gasteiger partial charge in [-0.3, -0.25) is 19.3 Å². The lowest BCUT2D eigenvalue weighted by Gasteiger charge is -2.35. The first-order valence-corrected chi connectivity index (χ1v) is 11.6. The number of carbonyl (C=O) groups excluding carboxylic acids is 4. The van der Waals surface area contributed by atoms with E-state index in [2.05, 4.69) is 5.32 Å². The minimum absolute atomic E-state index is 0.0538. The Hall–Kier alpha value is -3.60. The Morgan fingerprint density at radius 3 is 2.32 bits per heavy atom. The van der Waals surface area contributed by atoms with E-state index < -0.39 is 17.5 Å². The number of hydrogen-bond acceptors (Lipinski definition) is 7. The molecule has 5 amide bonds. The van der Waals surface area contributed by atoms with Gasteiger partial charge in [-0.15, -0.1) is 11.3 Å². The quantitative estimate of drug-likeness (QED) is 0.621. The van der Waals surface area contributed by atoms with Crippen molar-refractivity contribution in [1.29, 1.82) is 0 Å². The molecule has 11 heteroatoms. The van der Waals surface area contributed by atoms with Crippen molar-refractivity contribution in [3.63, 3.8) is 0 Å². The third-order valence-corrected chi connectivity index (χ3v) is 7.04. The van der Waals surface area contributed by atoms with Crippen molar-refractivity contribution in [2.45, 2.75) is 12.5 Å². The molecular weight excluding hydrogens is 460 g/mol. The van der Waals surface area contributed by atoms with Gasteiger partial charge in [0.15, 0.2) is 11.5 Å². The van der Waals surface area contributed by atoms with Crippen LogP contribution in [0, 0.1) is 0 Å². The summed E-state index contributed by atoms with van der Waals surface area (Å²) in [4.78, 5) is 56.2. The monoisotopic (exact) mass is 486 g/mol. The molecule has 0 saturated carbocycles. The van der Waals surface area contributed by atoms with Crippen molar-refractivity contribution < 1.29 is 28.7 Å². The van der Waals surface area contributed by atoms with E-state index in [0.29, 0.717) is 48.1 Å². The van der Waals surface area contributed by atoms with Gasteiger partial charge < -0.3 is 24.6 Å². The largest absolute Gasteiger partial charge is 0.493 e. The maximum atomic E-state index is 13.2. The van der Waals surface area contributed by atoms with E-state index in [1.165, 1.54) is 25.6 Å². The van der Waals surface area contributed by atoms with E-state index in [1.807, 2.05) is 11.4 Å². The van der Waals surface area contributed by atoms with E-state index in [-0.39, 0.29) is 18.4 Å². The van der Waals surface area contributed by atoms with Gasteiger partial charge in [0.05, 0.1) is 19.1 Å². The zero-order valence-corrected chi connectivity index (χ0v) is 20.0. The fraction of sp³-hybridized carbons (Fsp3) is 0.391. The molecule has 2 fully saturated rings. The molecule has 2 saturated heterocycles. The van der Waals surface area contributed by atoms with E-state index in [1.54, 1.807) is 41.0 Å². The van der Waals surface area contributed by atoms with Crippen LogP contribution in [0.15, 0.2) is 35.7 Å². The molecule has 2 aromatic rings. The van der Waals surface area contributed by atoms with E-state index >= 15 is 0 Å². The number of carbonyl (C=O) groups is 4. The third-order valence-electron chi connectivity index (χ3n) is 6.18. The van der Waals surface area contributed by atoms with Crippen molar-refractivity contribution in [3.8, 4) is 11.5 Å². The SMILES string of the molecule is COc1ccc([C@]2(C)NC(=O)N(CC(=O)N3CCN(C(=O)c4cccs4)CC3)C2=O)cc1OC. The average molecular weight is 487 g/mol. The number of imide groups is 1. The molecule has 1 aromatic heterocycles. The number of rotatable bonds is 6. The topological polar surface area (TPSA) is 108 Å². The fourth-order valence-corrected chi connectivity index (χ4v) is 4.82. The zero-order valence-electron chi connectivity index (χ0n) is 19.2. The number of nitrogens with one attached hydrogen (secondary N) is 1. The van der Waals surface area contributed by atoms with Crippen molar-refractivity contribution >= 4 is 35.1 Å². The molecule has 2 aliphatic heterocycles. The summed E-state index contributed by atoms with van der Waals surface area (Å²) in [7, 11) is 2.99. The molecule has 180 valence electrons. The summed E-state index contributed by atoms with van der Waals surface area (Å²) in [6.07, 6.45) is 0. The second-order valence-electron chi connectivity index (χ2n) is 8.17. The Morgan fingerprint density at radius 1 is 1.03 bits per heavy atom. The van der Waals surface area contributed by atoms with Crippen molar-refractivity contribution in [1.82, 2.24) is 20.0 Å². The van der Waals surface area contributed by atoms with Crippen LogP contribution in [-0.4, -0.2) is 85.4 Å². The number of nitrogens with zero attached hydrogens (tertiary/aromatic N) is 3. The summed E-state index contributed by atoms with van der Waals surface area (Å²) in [6, 6.07) is 7.93. The van der Waals surface area contributed by atoms with Gasteiger partial charge in [0, 0.05) is 26.2 Å². The van der Waals surface area contributed by atoms with E-state index in [9.17, 15) is 19.2 Å². The summed E-state index contributed by atoms with van der Waals surface area (Å²) >= 11 is 1.38. The highest BCUT2D eigenvalue weighted by atomic mass is 32.1. The van der Waals surface area contributed by atoms with Gasteiger partial charge in [-0.25, -0.2) is 4.79 Å². The maximum absolute atomic E-state index is 13.2. The maximum Gasteiger partial charge on any atom is 0.325 e. The van der Waals surface area contributed by atoms with Gasteiger partial charge in [-0.1, -0.05) is 12.1 Å². The van der Waals surface area contributed by atoms with E-state index in [0.717, 1.165) is 4.90 Å². The third kappa shape index (κ3) is 4.18. The highest BCUT2D eigenvalue weighted by molar-refractivity contribution is 7.12. The minimum atomic E-state index is -1.34. The number of ether oxygens (including phenoxy) is 2. The molecular formula is C23H26N4O6S. The predicted octanol–water partition coefficient (Wildman–Crippen LogP) is 1.52. The Morgan fingerprint density at radius 2 is 1.71 bits per heavy atom. The Kier molecular flexibility index (Phi) is 6.47. The van der Waals surface area contributed by atoms with Crippen LogP contribution in [0.5, 0.6) is 11.5 Å². The average Bonchev–Trinajstić information content (AvgIpc) is 3.47. The first-order valence-electron chi connectivity index (χ1n) is 10.8. The smallest absolute Gasteiger partial charge is 0.325 e. The van der Waals surface area contributed by atoms with Crippen molar-refractivity contribution in [2.75, 3.05) is 46.9 Å². The van der Waals surface area contributed by atoms with Crippen LogP contribution >= 0.6 is 11.3 Å². The molecule has 3 heterocycles. The number of benzene rings is 1. The summed E-state index contributed by atoms with van der Waals surface area (Å²) in [5.41, 5.74) is -0.831. The standard InChI is InChI=1S/C23H26N4O6S/c1-23(15-6-7-16(32-2)17(13-15)33-3)21(30)27(22(31)24-23)14-19(28)25-8-10-26(11-9-25)20(29)18-5-4-12-34-18/h4-7,12-13H,8-11,14H2,1-3H3,(H,24,31)/t23-/m0/s1. The minimum Gasteiger partial charge on any atom is -0.493 e. The second-order valence-corrected chi connectivity index (χ2v) is 9.11. The van der Waals surface area contributed by atoms with Gasteiger partial charge in [-0.05, 0) is 36.1 Å². The summed E-state index contributed by atoms with van der Waals surface area (Å²) in [6.45, 7) is 2.69. The first kappa shape index (κ1) is 23.6. The van der Waals surface area contributed by atoms with Crippen LogP contribution in [-0.2, 0) is 15.1 Å². The molecule has 0 spiro atoms. The number of hydrogen-bond donors (Lipinski definition) is 1. The van der Waals surface area contributed by atoms with Crippen LogP contribution < -0.4 is 14.8 Å². The molecule has 0 aliphatic carbocycles. The van der Waals surface area contributed by atoms with Crippen molar-refractivity contribution in [3.05, 3.63) is 46.2 Å².